The first-order valence-electron chi connectivity index (χ1n) is 9.18. The summed E-state index contributed by atoms with van der Waals surface area (Å²) in [5.74, 6) is -0.499. The molecule has 7 nitrogen and oxygen atoms in total. The van der Waals surface area contributed by atoms with Crippen LogP contribution in [0.3, 0.4) is 0 Å². The molecule has 0 aliphatic carbocycles. The van der Waals surface area contributed by atoms with Crippen LogP contribution in [-0.4, -0.2) is 55.6 Å². The second kappa shape index (κ2) is 8.75. The fourth-order valence-corrected chi connectivity index (χ4v) is 3.64. The highest BCUT2D eigenvalue weighted by Crippen LogP contribution is 2.32. The van der Waals surface area contributed by atoms with Crippen molar-refractivity contribution in [3.8, 4) is 0 Å². The van der Waals surface area contributed by atoms with Gasteiger partial charge < -0.3 is 14.7 Å². The van der Waals surface area contributed by atoms with Crippen molar-refractivity contribution in [3.63, 3.8) is 0 Å². The summed E-state index contributed by atoms with van der Waals surface area (Å²) in [4.78, 5) is 14.0. The van der Waals surface area contributed by atoms with Gasteiger partial charge in [-0.3, -0.25) is 4.18 Å². The zero-order valence-corrected chi connectivity index (χ0v) is 17.5. The van der Waals surface area contributed by atoms with Gasteiger partial charge in [0.05, 0.1) is 25.0 Å². The summed E-state index contributed by atoms with van der Waals surface area (Å²) in [5, 5.41) is 10.9. The monoisotopic (exact) mass is 417 g/mol. The average molecular weight is 417 g/mol. The summed E-state index contributed by atoms with van der Waals surface area (Å²) < 4.78 is 46.2. The molecule has 1 amide bonds. The van der Waals surface area contributed by atoms with Crippen LogP contribution >= 0.6 is 0 Å². The molecule has 0 saturated carbocycles. The van der Waals surface area contributed by atoms with Gasteiger partial charge in [-0.05, 0) is 63.3 Å². The van der Waals surface area contributed by atoms with Crippen molar-refractivity contribution in [1.82, 2.24) is 4.90 Å². The number of hydrogen-bond donors (Lipinski definition) is 1. The van der Waals surface area contributed by atoms with Gasteiger partial charge in [0, 0.05) is 6.54 Å². The van der Waals surface area contributed by atoms with E-state index in [2.05, 4.69) is 0 Å². The van der Waals surface area contributed by atoms with Crippen molar-refractivity contribution >= 4 is 16.2 Å². The molecule has 1 fully saturated rings. The minimum Gasteiger partial charge on any atom is -0.444 e. The molecule has 2 rings (SSSR count). The normalized spacial score (nSPS) is 18.9. The van der Waals surface area contributed by atoms with Crippen LogP contribution < -0.4 is 0 Å². The van der Waals surface area contributed by atoms with Crippen LogP contribution in [0.25, 0.3) is 0 Å². The molecule has 1 unspecified atom stereocenters. The molecule has 1 heterocycles. The number of hydrogen-bond acceptors (Lipinski definition) is 6. The third kappa shape index (κ3) is 6.42. The standard InChI is InChI=1S/C19H28FNO6S/c1-19(2,3)27-18(23)21-10-5-6-16(21)17(22)15-8-7-14(20)12-13(15)9-11-26-28(4,24)25/h7-8,12,16-17,22H,5-6,9-11H2,1-4H3/t16-,17?/m0/s1. The number of nitrogens with zero attached hydrogens (tertiary/aromatic N) is 1. The quantitative estimate of drug-likeness (QED) is 0.716. The highest BCUT2D eigenvalue weighted by molar-refractivity contribution is 7.85. The predicted molar refractivity (Wildman–Crippen MR) is 102 cm³/mol. The lowest BCUT2D eigenvalue weighted by molar-refractivity contribution is 0.00471. The highest BCUT2D eigenvalue weighted by Gasteiger charge is 2.37. The Morgan fingerprint density at radius 3 is 2.68 bits per heavy atom. The van der Waals surface area contributed by atoms with E-state index in [-0.39, 0.29) is 13.0 Å². The molecule has 9 heteroatoms. The Hall–Kier alpha value is -1.71. The first-order valence-corrected chi connectivity index (χ1v) is 11.0. The largest absolute Gasteiger partial charge is 0.444 e. The van der Waals surface area contributed by atoms with Crippen molar-refractivity contribution in [1.29, 1.82) is 0 Å². The molecule has 1 saturated heterocycles. The van der Waals surface area contributed by atoms with Crippen molar-refractivity contribution in [2.45, 2.75) is 57.8 Å². The number of ether oxygens (including phenoxy) is 1. The zero-order chi connectivity index (χ0) is 21.1. The number of carbonyl (C=O) groups is 1. The van der Waals surface area contributed by atoms with Crippen LogP contribution in [0.15, 0.2) is 18.2 Å². The van der Waals surface area contributed by atoms with Crippen LogP contribution in [0, 0.1) is 5.82 Å². The van der Waals surface area contributed by atoms with E-state index in [1.807, 2.05) is 0 Å². The molecule has 1 aliphatic rings. The van der Waals surface area contributed by atoms with Crippen LogP contribution in [0.1, 0.15) is 50.8 Å². The average Bonchev–Trinajstić information content (AvgIpc) is 3.01. The minimum absolute atomic E-state index is 0.108. The molecule has 1 aromatic rings. The Morgan fingerprint density at radius 2 is 2.07 bits per heavy atom. The number of aliphatic hydroxyl groups excluding tert-OH is 1. The first kappa shape index (κ1) is 22.6. The maximum Gasteiger partial charge on any atom is 0.410 e. The van der Waals surface area contributed by atoms with E-state index in [1.54, 1.807) is 20.8 Å². The number of amides is 1. The van der Waals surface area contributed by atoms with E-state index in [0.717, 1.165) is 6.26 Å². The molecule has 1 aromatic carbocycles. The maximum atomic E-state index is 13.7. The van der Waals surface area contributed by atoms with Crippen molar-refractivity contribution in [3.05, 3.63) is 35.1 Å². The fourth-order valence-electron chi connectivity index (χ4n) is 3.26. The van der Waals surface area contributed by atoms with Crippen molar-refractivity contribution in [2.24, 2.45) is 0 Å². The van der Waals surface area contributed by atoms with Gasteiger partial charge in [-0.25, -0.2) is 9.18 Å². The molecular weight excluding hydrogens is 389 g/mol. The summed E-state index contributed by atoms with van der Waals surface area (Å²) in [6.07, 6.45) is 0.787. The number of rotatable bonds is 6. The lowest BCUT2D eigenvalue weighted by atomic mass is 9.94. The molecule has 0 radical (unpaired) electrons. The fraction of sp³-hybridized carbons (Fsp3) is 0.632. The van der Waals surface area contributed by atoms with Crippen molar-refractivity contribution in [2.75, 3.05) is 19.4 Å². The summed E-state index contributed by atoms with van der Waals surface area (Å²) in [6, 6.07) is 3.43. The van der Waals surface area contributed by atoms with Gasteiger partial charge in [-0.2, -0.15) is 8.42 Å². The minimum atomic E-state index is -3.62. The van der Waals surface area contributed by atoms with Crippen LogP contribution in [0.5, 0.6) is 0 Å². The Labute approximate surface area is 165 Å². The van der Waals surface area contributed by atoms with Gasteiger partial charge in [-0.1, -0.05) is 6.07 Å². The third-order valence-electron chi connectivity index (χ3n) is 4.38. The van der Waals surface area contributed by atoms with Crippen LogP contribution in [-0.2, 0) is 25.5 Å². The lowest BCUT2D eigenvalue weighted by Gasteiger charge is -2.32. The van der Waals surface area contributed by atoms with Gasteiger partial charge in [0.1, 0.15) is 11.4 Å². The Bertz CT molecular complexity index is 805. The molecule has 0 spiro atoms. The van der Waals surface area contributed by atoms with Crippen LogP contribution in [0.4, 0.5) is 9.18 Å². The molecule has 158 valence electrons. The molecular formula is C19H28FNO6S. The second-order valence-corrected chi connectivity index (χ2v) is 9.59. The second-order valence-electron chi connectivity index (χ2n) is 7.95. The number of halogens is 1. The topological polar surface area (TPSA) is 93.1 Å². The number of aliphatic hydroxyl groups is 1. The smallest absolute Gasteiger partial charge is 0.410 e. The van der Waals surface area contributed by atoms with Gasteiger partial charge in [-0.15, -0.1) is 0 Å². The lowest BCUT2D eigenvalue weighted by Crippen LogP contribution is -2.42. The van der Waals surface area contributed by atoms with Gasteiger partial charge in [0.15, 0.2) is 0 Å². The molecule has 1 N–H and O–H groups in total. The molecule has 1 aliphatic heterocycles. The summed E-state index contributed by atoms with van der Waals surface area (Å²) in [6.45, 7) is 5.61. The number of carbonyl (C=O) groups excluding carboxylic acids is 1. The molecule has 0 aromatic heterocycles. The summed E-state index contributed by atoms with van der Waals surface area (Å²) in [5.41, 5.74) is 0.227. The summed E-state index contributed by atoms with van der Waals surface area (Å²) >= 11 is 0. The SMILES string of the molecule is CC(C)(C)OC(=O)N1CCC[C@H]1C(O)c1ccc(F)cc1CCOS(C)(=O)=O. The van der Waals surface area contributed by atoms with Gasteiger partial charge >= 0.3 is 6.09 Å². The van der Waals surface area contributed by atoms with Crippen LogP contribution in [0.2, 0.25) is 0 Å². The Morgan fingerprint density at radius 1 is 1.39 bits per heavy atom. The molecule has 28 heavy (non-hydrogen) atoms. The maximum absolute atomic E-state index is 13.7. The number of benzene rings is 1. The Kier molecular flexibility index (Phi) is 7.06. The summed E-state index contributed by atoms with van der Waals surface area (Å²) in [7, 11) is -3.62. The highest BCUT2D eigenvalue weighted by atomic mass is 32.2. The zero-order valence-electron chi connectivity index (χ0n) is 16.6. The van der Waals surface area contributed by atoms with Gasteiger partial charge in [0.25, 0.3) is 10.1 Å². The van der Waals surface area contributed by atoms with Gasteiger partial charge in [0.2, 0.25) is 0 Å². The Balaban J connectivity index is 2.20. The predicted octanol–water partition coefficient (Wildman–Crippen LogP) is 2.78. The third-order valence-corrected chi connectivity index (χ3v) is 4.98. The number of likely N-dealkylation sites (tertiary alicyclic amines) is 1. The van der Waals surface area contributed by atoms with E-state index >= 15 is 0 Å². The molecule has 0 bridgehead atoms. The van der Waals surface area contributed by atoms with Crippen molar-refractivity contribution < 1.29 is 31.6 Å². The molecule has 2 atom stereocenters. The van der Waals surface area contributed by atoms with E-state index in [1.165, 1.54) is 23.1 Å². The van der Waals surface area contributed by atoms with E-state index in [9.17, 15) is 22.7 Å². The van der Waals surface area contributed by atoms with E-state index in [0.29, 0.717) is 30.5 Å². The first-order chi connectivity index (χ1) is 12.9. The van der Waals surface area contributed by atoms with E-state index in [4.69, 9.17) is 8.92 Å². The van der Waals surface area contributed by atoms with E-state index < -0.39 is 39.8 Å².